The van der Waals surface area contributed by atoms with Crippen LogP contribution in [0.1, 0.15) is 40.7 Å². The van der Waals surface area contributed by atoms with E-state index in [1.54, 1.807) is 40.5 Å². The average molecular weight is 507 g/mol. The molecule has 0 N–H and O–H groups in total. The largest absolute Gasteiger partial charge is 0.491 e. The Labute approximate surface area is 214 Å². The average Bonchev–Trinajstić information content (AvgIpc) is 2.89. The highest BCUT2D eigenvalue weighted by Gasteiger charge is 2.33. The molecule has 3 aromatic carbocycles. The number of nitrogens with zero attached hydrogens (tertiary/aromatic N) is 2. The first-order valence-corrected chi connectivity index (χ1v) is 13.9. The lowest BCUT2D eigenvalue weighted by Gasteiger charge is -2.32. The van der Waals surface area contributed by atoms with Gasteiger partial charge >= 0.3 is 0 Å². The van der Waals surface area contributed by atoms with Crippen molar-refractivity contribution in [3.63, 3.8) is 0 Å². The van der Waals surface area contributed by atoms with Gasteiger partial charge in [0.1, 0.15) is 12.4 Å². The molecule has 0 bridgehead atoms. The van der Waals surface area contributed by atoms with E-state index in [-0.39, 0.29) is 12.5 Å². The number of hydrogen-bond acceptors (Lipinski definition) is 4. The van der Waals surface area contributed by atoms with Crippen LogP contribution in [0.15, 0.2) is 83.8 Å². The van der Waals surface area contributed by atoms with Crippen molar-refractivity contribution in [1.82, 2.24) is 9.21 Å². The summed E-state index contributed by atoms with van der Waals surface area (Å²) in [7, 11) is -1.99. The number of fused-ring (bicyclic) bond motifs is 1. The van der Waals surface area contributed by atoms with Crippen LogP contribution in [0.3, 0.4) is 0 Å². The quantitative estimate of drug-likeness (QED) is 0.503. The number of rotatable bonds is 4. The van der Waals surface area contributed by atoms with Gasteiger partial charge in [-0.1, -0.05) is 67.1 Å². The van der Waals surface area contributed by atoms with Crippen LogP contribution in [0, 0.1) is 6.92 Å². The van der Waals surface area contributed by atoms with Gasteiger partial charge in [0.2, 0.25) is 10.0 Å². The predicted octanol–water partition coefficient (Wildman–Crippen LogP) is 4.93. The molecule has 0 radical (unpaired) electrons. The van der Waals surface area contributed by atoms with Gasteiger partial charge in [-0.3, -0.25) is 4.79 Å². The molecule has 1 atom stereocenters. The van der Waals surface area contributed by atoms with Crippen LogP contribution >= 0.6 is 0 Å². The molecule has 0 saturated heterocycles. The minimum atomic E-state index is -3.78. The van der Waals surface area contributed by atoms with Gasteiger partial charge in [-0.05, 0) is 55.5 Å². The summed E-state index contributed by atoms with van der Waals surface area (Å²) in [5.41, 5.74) is 2.24. The van der Waals surface area contributed by atoms with Gasteiger partial charge in [0, 0.05) is 20.1 Å². The van der Waals surface area contributed by atoms with Gasteiger partial charge in [-0.25, -0.2) is 8.42 Å². The second-order valence-electron chi connectivity index (χ2n) is 9.32. The molecule has 0 unspecified atom stereocenters. The molecule has 4 rings (SSSR count). The summed E-state index contributed by atoms with van der Waals surface area (Å²) in [5, 5.41) is 0. The third kappa shape index (κ3) is 5.97. The lowest BCUT2D eigenvalue weighted by molar-refractivity contribution is 0.0788. The number of amides is 1. The van der Waals surface area contributed by atoms with Gasteiger partial charge < -0.3 is 9.64 Å². The van der Waals surface area contributed by atoms with E-state index in [1.165, 1.54) is 0 Å². The number of ether oxygens (including phenoxy) is 1. The fourth-order valence-corrected chi connectivity index (χ4v) is 6.53. The Bertz CT molecular complexity index is 1280. The van der Waals surface area contributed by atoms with E-state index in [0.29, 0.717) is 42.1 Å². The molecular formula is C29H34N2O4S. The van der Waals surface area contributed by atoms with Gasteiger partial charge in [0.15, 0.2) is 0 Å². The van der Waals surface area contributed by atoms with Crippen LogP contribution in [0.2, 0.25) is 0 Å². The first-order chi connectivity index (χ1) is 17.4. The van der Waals surface area contributed by atoms with Crippen molar-refractivity contribution in [1.29, 1.82) is 0 Å². The zero-order valence-electron chi connectivity index (χ0n) is 21.0. The van der Waals surface area contributed by atoms with Gasteiger partial charge in [-0.15, -0.1) is 0 Å². The monoisotopic (exact) mass is 506 g/mol. The predicted molar refractivity (Wildman–Crippen MR) is 142 cm³/mol. The Morgan fingerprint density at radius 3 is 2.31 bits per heavy atom. The molecule has 0 aromatic heterocycles. The van der Waals surface area contributed by atoms with E-state index in [9.17, 15) is 13.2 Å². The van der Waals surface area contributed by atoms with Crippen molar-refractivity contribution in [3.05, 3.63) is 95.6 Å². The maximum absolute atomic E-state index is 14.1. The molecule has 1 aliphatic heterocycles. The van der Waals surface area contributed by atoms with Crippen LogP contribution in [0.4, 0.5) is 0 Å². The Morgan fingerprint density at radius 2 is 1.53 bits per heavy atom. The standard InChI is InChI=1S/C29H34N2O4S/c1-23-13-7-10-18-28(23)36(33,34)31-20-12-4-11-19-30(2)29(32)26-16-8-9-17-27(26)35-22-25(31)21-24-14-5-3-6-15-24/h3,5-10,13-18,25H,4,11-12,19-22H2,1-2H3/t25-/m1/s1. The van der Waals surface area contributed by atoms with E-state index in [4.69, 9.17) is 4.74 Å². The molecule has 1 heterocycles. The minimum Gasteiger partial charge on any atom is -0.491 e. The number of carbonyl (C=O) groups is 1. The summed E-state index contributed by atoms with van der Waals surface area (Å²) in [4.78, 5) is 15.1. The van der Waals surface area contributed by atoms with E-state index in [1.807, 2.05) is 61.5 Å². The molecule has 1 aliphatic rings. The third-order valence-electron chi connectivity index (χ3n) is 6.67. The molecule has 3 aromatic rings. The maximum Gasteiger partial charge on any atom is 0.257 e. The Morgan fingerprint density at radius 1 is 0.861 bits per heavy atom. The zero-order valence-corrected chi connectivity index (χ0v) is 21.8. The highest BCUT2D eigenvalue weighted by atomic mass is 32.2. The maximum atomic E-state index is 14.1. The van der Waals surface area contributed by atoms with Crippen molar-refractivity contribution < 1.29 is 17.9 Å². The van der Waals surface area contributed by atoms with Crippen molar-refractivity contribution in [3.8, 4) is 5.75 Å². The summed E-state index contributed by atoms with van der Waals surface area (Å²) < 4.78 is 36.0. The second kappa shape index (κ2) is 11.7. The van der Waals surface area contributed by atoms with Gasteiger partial charge in [-0.2, -0.15) is 4.31 Å². The SMILES string of the molecule is Cc1ccccc1S(=O)(=O)N1CCCCCN(C)C(=O)c2ccccc2OC[C@H]1Cc1ccccc1. The molecule has 7 heteroatoms. The number of para-hydroxylation sites is 1. The minimum absolute atomic E-state index is 0.0890. The molecule has 0 fully saturated rings. The molecule has 36 heavy (non-hydrogen) atoms. The highest BCUT2D eigenvalue weighted by molar-refractivity contribution is 7.89. The van der Waals surface area contributed by atoms with E-state index < -0.39 is 16.1 Å². The Hall–Kier alpha value is -3.16. The topological polar surface area (TPSA) is 66.9 Å². The van der Waals surface area contributed by atoms with Crippen LogP contribution in [0.5, 0.6) is 5.75 Å². The van der Waals surface area contributed by atoms with Gasteiger partial charge in [0.25, 0.3) is 5.91 Å². The second-order valence-corrected chi connectivity index (χ2v) is 11.2. The number of benzene rings is 3. The van der Waals surface area contributed by atoms with Crippen LogP contribution in [-0.4, -0.2) is 56.3 Å². The van der Waals surface area contributed by atoms with E-state index in [2.05, 4.69) is 0 Å². The fraction of sp³-hybridized carbons (Fsp3) is 0.345. The molecule has 0 spiro atoms. The van der Waals surface area contributed by atoms with Crippen molar-refractivity contribution in [2.24, 2.45) is 0 Å². The molecule has 6 nitrogen and oxygen atoms in total. The Balaban J connectivity index is 1.76. The lowest BCUT2D eigenvalue weighted by atomic mass is 10.1. The molecule has 0 aliphatic carbocycles. The highest BCUT2D eigenvalue weighted by Crippen LogP contribution is 2.27. The number of aryl methyl sites for hydroxylation is 1. The molecule has 190 valence electrons. The van der Waals surface area contributed by atoms with Crippen molar-refractivity contribution >= 4 is 15.9 Å². The smallest absolute Gasteiger partial charge is 0.257 e. The van der Waals surface area contributed by atoms with Crippen LogP contribution < -0.4 is 4.74 Å². The van der Waals surface area contributed by atoms with E-state index in [0.717, 1.165) is 24.0 Å². The van der Waals surface area contributed by atoms with Crippen molar-refractivity contribution in [2.45, 2.75) is 43.5 Å². The van der Waals surface area contributed by atoms with E-state index >= 15 is 0 Å². The summed E-state index contributed by atoms with van der Waals surface area (Å²) >= 11 is 0. The Kier molecular flexibility index (Phi) is 8.44. The first kappa shape index (κ1) is 25.9. The normalized spacial score (nSPS) is 18.3. The summed E-state index contributed by atoms with van der Waals surface area (Å²) in [5.74, 6) is 0.383. The number of carbonyl (C=O) groups excluding carboxylic acids is 1. The summed E-state index contributed by atoms with van der Waals surface area (Å²) in [6, 6.07) is 23.7. The summed E-state index contributed by atoms with van der Waals surface area (Å²) in [6.07, 6.45) is 2.82. The van der Waals surface area contributed by atoms with Gasteiger partial charge in [0.05, 0.1) is 16.5 Å². The summed E-state index contributed by atoms with van der Waals surface area (Å²) in [6.45, 7) is 2.95. The molecular weight excluding hydrogens is 472 g/mol. The molecule has 1 amide bonds. The lowest BCUT2D eigenvalue weighted by Crippen LogP contribution is -2.45. The van der Waals surface area contributed by atoms with Crippen molar-refractivity contribution in [2.75, 3.05) is 26.7 Å². The van der Waals surface area contributed by atoms with Crippen LogP contribution in [0.25, 0.3) is 0 Å². The molecule has 0 saturated carbocycles. The first-order valence-electron chi connectivity index (χ1n) is 12.5. The van der Waals surface area contributed by atoms with Crippen LogP contribution in [-0.2, 0) is 16.4 Å². The number of sulfonamides is 1. The number of hydrogen-bond donors (Lipinski definition) is 0. The fourth-order valence-electron chi connectivity index (χ4n) is 4.66. The third-order valence-corrected chi connectivity index (χ3v) is 8.78. The zero-order chi connectivity index (χ0) is 25.5.